The number of nitrogens with one attached hydrogen (secondary N) is 2. The smallest absolute Gasteiger partial charge is 0.219 e. The van der Waals surface area contributed by atoms with Crippen LogP contribution in [0.5, 0.6) is 0 Å². The highest BCUT2D eigenvalue weighted by molar-refractivity contribution is 7.07. The maximum absolute atomic E-state index is 4.75. The van der Waals surface area contributed by atoms with Crippen LogP contribution in [0.25, 0.3) is 11.0 Å². The average molecular weight is 314 g/mol. The summed E-state index contributed by atoms with van der Waals surface area (Å²) in [7, 11) is 0. The molecule has 2 N–H and O–H groups in total. The van der Waals surface area contributed by atoms with Crippen molar-refractivity contribution in [1.29, 1.82) is 0 Å². The summed E-state index contributed by atoms with van der Waals surface area (Å²) in [6, 6.07) is 8.24. The lowest BCUT2D eigenvalue weighted by Gasteiger charge is -2.28. The number of piperazine rings is 1. The van der Waals surface area contributed by atoms with Crippen LogP contribution < -0.4 is 10.7 Å². The highest BCUT2D eigenvalue weighted by Gasteiger charge is 2.15. The molecule has 7 heteroatoms. The van der Waals surface area contributed by atoms with E-state index in [4.69, 9.17) is 4.98 Å². The molecule has 2 aromatic heterocycles. The summed E-state index contributed by atoms with van der Waals surface area (Å²) in [6.45, 7) is 4.68. The number of hydrazine groups is 1. The third kappa shape index (κ3) is 2.70. The second-order valence-electron chi connectivity index (χ2n) is 5.34. The Hall–Kier alpha value is -1.96. The van der Waals surface area contributed by atoms with Gasteiger partial charge in [0.15, 0.2) is 0 Å². The van der Waals surface area contributed by atoms with Crippen molar-refractivity contribution in [2.75, 3.05) is 31.6 Å². The molecular weight excluding hydrogens is 296 g/mol. The normalized spacial score (nSPS) is 16.2. The van der Waals surface area contributed by atoms with Crippen LogP contribution in [0.1, 0.15) is 5.69 Å². The van der Waals surface area contributed by atoms with E-state index in [1.54, 1.807) is 11.3 Å². The van der Waals surface area contributed by atoms with Gasteiger partial charge in [0.05, 0.1) is 28.8 Å². The molecule has 114 valence electrons. The standard InChI is InChI=1S/C15H18N6S/c1-2-4-14-13(3-1)18-15(19-20-7-5-16-6-8-20)21(14)9-12-10-22-11-17-12/h1-4,10-11,16H,5-9H2,(H,18,19). The third-order valence-electron chi connectivity index (χ3n) is 3.83. The number of aromatic nitrogens is 3. The monoisotopic (exact) mass is 314 g/mol. The van der Waals surface area contributed by atoms with Gasteiger partial charge in [0, 0.05) is 31.6 Å². The number of hydrogen-bond acceptors (Lipinski definition) is 6. The van der Waals surface area contributed by atoms with Crippen molar-refractivity contribution >= 4 is 28.3 Å². The quantitative estimate of drug-likeness (QED) is 0.769. The van der Waals surface area contributed by atoms with Gasteiger partial charge >= 0.3 is 0 Å². The summed E-state index contributed by atoms with van der Waals surface area (Å²) < 4.78 is 2.20. The zero-order valence-corrected chi connectivity index (χ0v) is 13.0. The average Bonchev–Trinajstić information content (AvgIpc) is 3.18. The number of hydrogen-bond donors (Lipinski definition) is 2. The van der Waals surface area contributed by atoms with Crippen molar-refractivity contribution in [2.24, 2.45) is 0 Å². The summed E-state index contributed by atoms with van der Waals surface area (Å²) in [5.41, 5.74) is 8.55. The van der Waals surface area contributed by atoms with Crippen molar-refractivity contribution in [1.82, 2.24) is 24.9 Å². The molecule has 3 aromatic rings. The minimum atomic E-state index is 0.735. The van der Waals surface area contributed by atoms with Gasteiger partial charge in [0.2, 0.25) is 5.95 Å². The predicted octanol–water partition coefficient (Wildman–Crippen LogP) is 1.77. The maximum Gasteiger partial charge on any atom is 0.219 e. The van der Waals surface area contributed by atoms with Gasteiger partial charge in [0.1, 0.15) is 0 Å². The molecule has 0 radical (unpaired) electrons. The lowest BCUT2D eigenvalue weighted by molar-refractivity contribution is 0.283. The fourth-order valence-electron chi connectivity index (χ4n) is 2.72. The van der Waals surface area contributed by atoms with E-state index >= 15 is 0 Å². The van der Waals surface area contributed by atoms with Gasteiger partial charge in [-0.2, -0.15) is 0 Å². The Kier molecular flexibility index (Phi) is 3.75. The van der Waals surface area contributed by atoms with Gasteiger partial charge in [-0.25, -0.2) is 15.0 Å². The van der Waals surface area contributed by atoms with Crippen molar-refractivity contribution in [2.45, 2.75) is 6.54 Å². The fourth-order valence-corrected chi connectivity index (χ4v) is 3.27. The van der Waals surface area contributed by atoms with Crippen LogP contribution in [-0.2, 0) is 6.54 Å². The number of imidazole rings is 1. The Morgan fingerprint density at radius 3 is 2.91 bits per heavy atom. The topological polar surface area (TPSA) is 58.0 Å². The zero-order valence-electron chi connectivity index (χ0n) is 12.2. The van der Waals surface area contributed by atoms with Gasteiger partial charge in [-0.1, -0.05) is 12.1 Å². The van der Waals surface area contributed by atoms with Gasteiger partial charge < -0.3 is 9.88 Å². The zero-order chi connectivity index (χ0) is 14.8. The number of anilines is 1. The molecule has 0 bridgehead atoms. The van der Waals surface area contributed by atoms with E-state index in [1.807, 2.05) is 11.6 Å². The molecule has 0 spiro atoms. The summed E-state index contributed by atoms with van der Waals surface area (Å²) in [4.78, 5) is 9.16. The first-order valence-electron chi connectivity index (χ1n) is 7.45. The lowest BCUT2D eigenvalue weighted by atomic mass is 10.3. The molecule has 0 aliphatic carbocycles. The molecule has 3 heterocycles. The molecule has 1 aromatic carbocycles. The molecular formula is C15H18N6S. The van der Waals surface area contributed by atoms with Crippen molar-refractivity contribution in [3.63, 3.8) is 0 Å². The van der Waals surface area contributed by atoms with Gasteiger partial charge in [0.25, 0.3) is 0 Å². The van der Waals surface area contributed by atoms with E-state index in [9.17, 15) is 0 Å². The molecule has 22 heavy (non-hydrogen) atoms. The molecule has 6 nitrogen and oxygen atoms in total. The van der Waals surface area contributed by atoms with Crippen LogP contribution >= 0.6 is 11.3 Å². The summed E-state index contributed by atoms with van der Waals surface area (Å²) >= 11 is 1.62. The number of para-hydroxylation sites is 2. The van der Waals surface area contributed by atoms with Gasteiger partial charge in [-0.05, 0) is 12.1 Å². The second-order valence-corrected chi connectivity index (χ2v) is 6.06. The first kappa shape index (κ1) is 13.7. The number of benzene rings is 1. The first-order chi connectivity index (χ1) is 10.9. The molecule has 0 amide bonds. The number of thiazole rings is 1. The SMILES string of the molecule is c1ccc2c(c1)nc(NN1CCNCC1)n2Cc1cscn1. The van der Waals surface area contributed by atoms with Gasteiger partial charge in [-0.3, -0.25) is 5.43 Å². The number of rotatable bonds is 4. The molecule has 1 saturated heterocycles. The second kappa shape index (κ2) is 6.04. The number of fused-ring (bicyclic) bond motifs is 1. The van der Waals surface area contributed by atoms with Crippen LogP contribution in [0.3, 0.4) is 0 Å². The van der Waals surface area contributed by atoms with Crippen LogP contribution in [0.15, 0.2) is 35.2 Å². The fraction of sp³-hybridized carbons (Fsp3) is 0.333. The van der Waals surface area contributed by atoms with Crippen LogP contribution in [-0.4, -0.2) is 45.7 Å². The Morgan fingerprint density at radius 1 is 1.23 bits per heavy atom. The van der Waals surface area contributed by atoms with E-state index in [-0.39, 0.29) is 0 Å². The minimum absolute atomic E-state index is 0.735. The number of nitrogens with zero attached hydrogens (tertiary/aromatic N) is 4. The van der Waals surface area contributed by atoms with E-state index in [2.05, 4.69) is 48.9 Å². The van der Waals surface area contributed by atoms with Crippen molar-refractivity contribution in [3.05, 3.63) is 40.8 Å². The van der Waals surface area contributed by atoms with E-state index < -0.39 is 0 Å². The van der Waals surface area contributed by atoms with Crippen molar-refractivity contribution < 1.29 is 0 Å². The molecule has 1 aliphatic rings. The highest BCUT2D eigenvalue weighted by Crippen LogP contribution is 2.21. The largest absolute Gasteiger partial charge is 0.314 e. The molecule has 0 unspecified atom stereocenters. The predicted molar refractivity (Wildman–Crippen MR) is 89.0 cm³/mol. The molecule has 0 atom stereocenters. The Bertz CT molecular complexity index is 745. The molecule has 0 saturated carbocycles. The maximum atomic E-state index is 4.75. The molecule has 1 fully saturated rings. The lowest BCUT2D eigenvalue weighted by Crippen LogP contribution is -2.46. The van der Waals surface area contributed by atoms with Crippen LogP contribution in [0.4, 0.5) is 5.95 Å². The van der Waals surface area contributed by atoms with Crippen LogP contribution in [0, 0.1) is 0 Å². The Morgan fingerprint density at radius 2 is 2.09 bits per heavy atom. The Labute approximate surface area is 132 Å². The van der Waals surface area contributed by atoms with E-state index in [0.717, 1.165) is 55.4 Å². The summed E-state index contributed by atoms with van der Waals surface area (Å²) in [6.07, 6.45) is 0. The third-order valence-corrected chi connectivity index (χ3v) is 4.47. The Balaban J connectivity index is 1.69. The highest BCUT2D eigenvalue weighted by atomic mass is 32.1. The van der Waals surface area contributed by atoms with Crippen molar-refractivity contribution in [3.8, 4) is 0 Å². The van der Waals surface area contributed by atoms with Gasteiger partial charge in [-0.15, -0.1) is 11.3 Å². The minimum Gasteiger partial charge on any atom is -0.314 e. The summed E-state index contributed by atoms with van der Waals surface area (Å²) in [5, 5.41) is 7.66. The molecule has 1 aliphatic heterocycles. The first-order valence-corrected chi connectivity index (χ1v) is 8.39. The summed E-state index contributed by atoms with van der Waals surface area (Å²) in [5.74, 6) is 0.885. The van der Waals surface area contributed by atoms with E-state index in [1.165, 1.54) is 0 Å². The molecule has 4 rings (SSSR count). The van der Waals surface area contributed by atoms with Crippen LogP contribution in [0.2, 0.25) is 0 Å². The van der Waals surface area contributed by atoms with E-state index in [0.29, 0.717) is 0 Å².